The highest BCUT2D eigenvalue weighted by Gasteiger charge is 2.14. The van der Waals surface area contributed by atoms with E-state index in [2.05, 4.69) is 5.32 Å². The maximum Gasteiger partial charge on any atom is 0.419 e. The molecule has 1 amide bonds. The highest BCUT2D eigenvalue weighted by atomic mass is 32.2. The van der Waals surface area contributed by atoms with Gasteiger partial charge >= 0.3 is 5.76 Å². The van der Waals surface area contributed by atoms with Crippen molar-refractivity contribution in [2.24, 2.45) is 0 Å². The summed E-state index contributed by atoms with van der Waals surface area (Å²) in [7, 11) is -3.25. The molecule has 0 saturated heterocycles. The largest absolute Gasteiger partial charge is 0.419 e. The van der Waals surface area contributed by atoms with Crippen molar-refractivity contribution >= 4 is 26.8 Å². The van der Waals surface area contributed by atoms with E-state index >= 15 is 0 Å². The van der Waals surface area contributed by atoms with Gasteiger partial charge < -0.3 is 9.73 Å². The number of aryl methyl sites for hydroxylation is 1. The number of benzene rings is 2. The van der Waals surface area contributed by atoms with Gasteiger partial charge in [-0.2, -0.15) is 0 Å². The van der Waals surface area contributed by atoms with Crippen LogP contribution < -0.4 is 11.1 Å². The summed E-state index contributed by atoms with van der Waals surface area (Å²) in [6, 6.07) is 13.2. The van der Waals surface area contributed by atoms with E-state index in [-0.39, 0.29) is 29.8 Å². The molecule has 3 rings (SSSR count). The van der Waals surface area contributed by atoms with Gasteiger partial charge in [0.1, 0.15) is 0 Å². The van der Waals surface area contributed by atoms with Gasteiger partial charge in [0.05, 0.1) is 16.5 Å². The Morgan fingerprint density at radius 3 is 2.48 bits per heavy atom. The predicted molar refractivity (Wildman–Crippen MR) is 101 cm³/mol. The third kappa shape index (κ3) is 4.28. The number of hydrogen-bond donors (Lipinski definition) is 1. The topological polar surface area (TPSA) is 98.4 Å². The van der Waals surface area contributed by atoms with E-state index in [9.17, 15) is 18.0 Å². The molecule has 142 valence electrons. The zero-order chi connectivity index (χ0) is 19.6. The first-order chi connectivity index (χ1) is 12.8. The molecule has 2 aromatic carbocycles. The van der Waals surface area contributed by atoms with E-state index in [1.807, 2.05) is 6.92 Å². The van der Waals surface area contributed by atoms with E-state index in [0.717, 1.165) is 11.8 Å². The van der Waals surface area contributed by atoms with Gasteiger partial charge in [0.25, 0.3) is 0 Å². The lowest BCUT2D eigenvalue weighted by Crippen LogP contribution is -2.28. The van der Waals surface area contributed by atoms with Crippen LogP contribution in [-0.4, -0.2) is 25.1 Å². The summed E-state index contributed by atoms with van der Waals surface area (Å²) in [6.45, 7) is 2.02. The maximum atomic E-state index is 12.2. The minimum atomic E-state index is -3.25. The lowest BCUT2D eigenvalue weighted by atomic mass is 10.1. The van der Waals surface area contributed by atoms with Crippen molar-refractivity contribution in [3.05, 3.63) is 64.6 Å². The number of hydrogen-bond acceptors (Lipinski definition) is 5. The highest BCUT2D eigenvalue weighted by Crippen LogP contribution is 2.17. The van der Waals surface area contributed by atoms with Crippen LogP contribution in [-0.2, 0) is 21.2 Å². The monoisotopic (exact) mass is 388 g/mol. The molecule has 1 aromatic heterocycles. The van der Waals surface area contributed by atoms with Gasteiger partial charge in [-0.25, -0.2) is 13.2 Å². The van der Waals surface area contributed by atoms with Gasteiger partial charge in [0.2, 0.25) is 5.91 Å². The van der Waals surface area contributed by atoms with E-state index < -0.39 is 15.6 Å². The second kappa shape index (κ2) is 7.40. The average Bonchev–Trinajstić information content (AvgIpc) is 2.94. The number of amides is 1. The smallest absolute Gasteiger partial charge is 0.408 e. The molecule has 7 nitrogen and oxygen atoms in total. The first kappa shape index (κ1) is 18.9. The van der Waals surface area contributed by atoms with Crippen LogP contribution in [0.3, 0.4) is 0 Å². The molecule has 3 aromatic rings. The zero-order valence-electron chi connectivity index (χ0n) is 15.0. The second-order valence-electron chi connectivity index (χ2n) is 6.37. The Labute approximate surface area is 156 Å². The number of nitrogens with one attached hydrogen (secondary N) is 1. The fourth-order valence-corrected chi connectivity index (χ4v) is 3.47. The number of fused-ring (bicyclic) bond motifs is 1. The SMILES string of the molecule is CC(NC(=O)CCn1c(=O)oc2ccccc21)c1ccc(S(C)(=O)=O)cc1. The molecule has 1 atom stereocenters. The number of nitrogens with zero attached hydrogens (tertiary/aromatic N) is 1. The van der Waals surface area contributed by atoms with Crippen molar-refractivity contribution < 1.29 is 17.6 Å². The van der Waals surface area contributed by atoms with Gasteiger partial charge in [0, 0.05) is 19.2 Å². The standard InChI is InChI=1S/C19H20N2O5S/c1-13(14-7-9-15(10-8-14)27(2,24)25)20-18(22)11-12-21-16-5-3-4-6-17(16)26-19(21)23/h3-10,13H,11-12H2,1-2H3,(H,20,22). The van der Waals surface area contributed by atoms with Crippen molar-refractivity contribution in [2.45, 2.75) is 30.8 Å². The molecule has 0 fully saturated rings. The summed E-state index contributed by atoms with van der Waals surface area (Å²) in [5, 5.41) is 2.85. The average molecular weight is 388 g/mol. The number of rotatable bonds is 6. The lowest BCUT2D eigenvalue weighted by molar-refractivity contribution is -0.121. The van der Waals surface area contributed by atoms with Gasteiger partial charge in [-0.05, 0) is 36.8 Å². The Morgan fingerprint density at radius 2 is 1.81 bits per heavy atom. The minimum Gasteiger partial charge on any atom is -0.408 e. The molecule has 0 bridgehead atoms. The number of carbonyl (C=O) groups is 1. The third-order valence-electron chi connectivity index (χ3n) is 4.32. The zero-order valence-corrected chi connectivity index (χ0v) is 15.8. The number of oxazole rings is 1. The van der Waals surface area contributed by atoms with Crippen LogP contribution in [0.2, 0.25) is 0 Å². The molecular weight excluding hydrogens is 368 g/mol. The van der Waals surface area contributed by atoms with Gasteiger partial charge in [0.15, 0.2) is 15.4 Å². The molecular formula is C19H20N2O5S. The quantitative estimate of drug-likeness (QED) is 0.698. The molecule has 0 aliphatic rings. The second-order valence-corrected chi connectivity index (χ2v) is 8.38. The summed E-state index contributed by atoms with van der Waals surface area (Å²) < 4.78 is 29.6. The predicted octanol–water partition coefficient (Wildman–Crippen LogP) is 2.27. The van der Waals surface area contributed by atoms with E-state index in [1.165, 1.54) is 16.7 Å². The van der Waals surface area contributed by atoms with Crippen LogP contribution in [0.25, 0.3) is 11.1 Å². The van der Waals surface area contributed by atoms with E-state index in [0.29, 0.717) is 11.1 Å². The van der Waals surface area contributed by atoms with Crippen LogP contribution in [0.1, 0.15) is 24.9 Å². The Balaban J connectivity index is 1.63. The molecule has 27 heavy (non-hydrogen) atoms. The number of para-hydroxylation sites is 2. The molecule has 1 heterocycles. The van der Waals surface area contributed by atoms with Crippen molar-refractivity contribution in [3.63, 3.8) is 0 Å². The highest BCUT2D eigenvalue weighted by molar-refractivity contribution is 7.90. The Bertz CT molecular complexity index is 1130. The first-order valence-electron chi connectivity index (χ1n) is 8.43. The Morgan fingerprint density at radius 1 is 1.15 bits per heavy atom. The Hall–Kier alpha value is -2.87. The van der Waals surface area contributed by atoms with Gasteiger partial charge in [-0.15, -0.1) is 0 Å². The minimum absolute atomic E-state index is 0.120. The van der Waals surface area contributed by atoms with E-state index in [1.54, 1.807) is 36.4 Å². The fraction of sp³-hybridized carbons (Fsp3) is 0.263. The molecule has 0 spiro atoms. The molecule has 0 aliphatic carbocycles. The van der Waals surface area contributed by atoms with E-state index in [4.69, 9.17) is 4.42 Å². The maximum absolute atomic E-state index is 12.2. The van der Waals surface area contributed by atoms with Gasteiger partial charge in [-0.1, -0.05) is 24.3 Å². The first-order valence-corrected chi connectivity index (χ1v) is 10.3. The summed E-state index contributed by atoms with van der Waals surface area (Å²) in [6.07, 6.45) is 1.27. The summed E-state index contributed by atoms with van der Waals surface area (Å²) >= 11 is 0. The van der Waals surface area contributed by atoms with Crippen molar-refractivity contribution in [1.29, 1.82) is 0 Å². The van der Waals surface area contributed by atoms with Crippen molar-refractivity contribution in [2.75, 3.05) is 6.26 Å². The number of sulfone groups is 1. The summed E-state index contributed by atoms with van der Waals surface area (Å²) in [5.74, 6) is -0.708. The van der Waals surface area contributed by atoms with Crippen LogP contribution in [0, 0.1) is 0 Å². The third-order valence-corrected chi connectivity index (χ3v) is 5.45. The normalized spacial score (nSPS) is 12.8. The molecule has 0 saturated carbocycles. The molecule has 8 heteroatoms. The van der Waals surface area contributed by atoms with Crippen LogP contribution in [0.4, 0.5) is 0 Å². The molecule has 1 N–H and O–H groups in total. The van der Waals surface area contributed by atoms with Gasteiger partial charge in [-0.3, -0.25) is 9.36 Å². The Kier molecular flexibility index (Phi) is 5.18. The lowest BCUT2D eigenvalue weighted by Gasteiger charge is -2.15. The van der Waals surface area contributed by atoms with Crippen LogP contribution >= 0.6 is 0 Å². The number of aromatic nitrogens is 1. The summed E-state index contributed by atoms with van der Waals surface area (Å²) in [4.78, 5) is 24.4. The summed E-state index contributed by atoms with van der Waals surface area (Å²) in [5.41, 5.74) is 1.93. The van der Waals surface area contributed by atoms with Crippen molar-refractivity contribution in [3.8, 4) is 0 Å². The fourth-order valence-electron chi connectivity index (χ4n) is 2.84. The molecule has 1 unspecified atom stereocenters. The number of carbonyl (C=O) groups excluding carboxylic acids is 1. The van der Waals surface area contributed by atoms with Crippen LogP contribution in [0.15, 0.2) is 62.6 Å². The van der Waals surface area contributed by atoms with Crippen LogP contribution in [0.5, 0.6) is 0 Å². The molecule has 0 aliphatic heterocycles. The molecule has 0 radical (unpaired) electrons. The van der Waals surface area contributed by atoms with Crippen molar-refractivity contribution in [1.82, 2.24) is 9.88 Å².